The van der Waals surface area contributed by atoms with E-state index in [0.717, 1.165) is 28.3 Å². The van der Waals surface area contributed by atoms with E-state index >= 15 is 0 Å². The van der Waals surface area contributed by atoms with Crippen LogP contribution in [0.1, 0.15) is 35.0 Å². The van der Waals surface area contributed by atoms with Crippen molar-refractivity contribution >= 4 is 11.7 Å². The van der Waals surface area contributed by atoms with Gasteiger partial charge in [-0.1, -0.05) is 36.4 Å². The fraction of sp³-hybridized carbons (Fsp3) is 0.250. The SMILES string of the molecule is CC(=O)c1cc(-c2ccccc2)n(CCC(=O)NCc2ccc3c(c2)OCO3)c1C. The third-order valence-electron chi connectivity index (χ3n) is 5.30. The fourth-order valence-corrected chi connectivity index (χ4v) is 3.69. The third-order valence-corrected chi connectivity index (χ3v) is 5.30. The molecule has 1 N–H and O–H groups in total. The summed E-state index contributed by atoms with van der Waals surface area (Å²) in [6.07, 6.45) is 0.317. The molecule has 154 valence electrons. The molecule has 0 radical (unpaired) electrons. The van der Waals surface area contributed by atoms with E-state index < -0.39 is 0 Å². The number of Topliss-reactive ketones (excluding diaryl/α,β-unsaturated/α-hetero) is 1. The van der Waals surface area contributed by atoms with Crippen molar-refractivity contribution in [3.63, 3.8) is 0 Å². The van der Waals surface area contributed by atoms with Crippen LogP contribution >= 0.6 is 0 Å². The van der Waals surface area contributed by atoms with Gasteiger partial charge in [-0.2, -0.15) is 0 Å². The molecule has 0 fully saturated rings. The Morgan fingerprint density at radius 3 is 2.57 bits per heavy atom. The number of rotatable bonds is 7. The number of hydrogen-bond donors (Lipinski definition) is 1. The van der Waals surface area contributed by atoms with Crippen LogP contribution in [-0.4, -0.2) is 23.1 Å². The summed E-state index contributed by atoms with van der Waals surface area (Å²) < 4.78 is 12.7. The number of benzene rings is 2. The number of ketones is 1. The molecule has 0 aliphatic carbocycles. The predicted octanol–water partition coefficient (Wildman–Crippen LogP) is 4.10. The van der Waals surface area contributed by atoms with Crippen molar-refractivity contribution in [3.05, 3.63) is 71.4 Å². The summed E-state index contributed by atoms with van der Waals surface area (Å²) in [5.41, 5.74) is 4.49. The van der Waals surface area contributed by atoms with E-state index in [9.17, 15) is 9.59 Å². The molecule has 1 aromatic heterocycles. The summed E-state index contributed by atoms with van der Waals surface area (Å²) >= 11 is 0. The summed E-state index contributed by atoms with van der Waals surface area (Å²) in [5, 5.41) is 2.95. The Morgan fingerprint density at radius 1 is 1.03 bits per heavy atom. The lowest BCUT2D eigenvalue weighted by Gasteiger charge is -2.12. The maximum absolute atomic E-state index is 12.5. The second-order valence-electron chi connectivity index (χ2n) is 7.32. The van der Waals surface area contributed by atoms with Crippen LogP contribution in [0.4, 0.5) is 0 Å². The molecule has 30 heavy (non-hydrogen) atoms. The van der Waals surface area contributed by atoms with Gasteiger partial charge in [0.05, 0.1) is 0 Å². The van der Waals surface area contributed by atoms with E-state index in [1.54, 1.807) is 6.92 Å². The molecule has 0 saturated carbocycles. The first-order valence-electron chi connectivity index (χ1n) is 9.94. The highest BCUT2D eigenvalue weighted by atomic mass is 16.7. The second-order valence-corrected chi connectivity index (χ2v) is 7.32. The topological polar surface area (TPSA) is 69.6 Å². The van der Waals surface area contributed by atoms with Gasteiger partial charge in [0.1, 0.15) is 0 Å². The van der Waals surface area contributed by atoms with Gasteiger partial charge in [0.15, 0.2) is 17.3 Å². The minimum atomic E-state index is -0.0517. The molecular formula is C24H24N2O4. The Labute approximate surface area is 175 Å². The van der Waals surface area contributed by atoms with Gasteiger partial charge in [-0.15, -0.1) is 0 Å². The standard InChI is InChI=1S/C24H24N2O4/c1-16-20(17(2)27)13-21(19-6-4-3-5-7-19)26(16)11-10-24(28)25-14-18-8-9-22-23(12-18)30-15-29-22/h3-9,12-13H,10-11,14-15H2,1-2H3,(H,25,28). The first-order chi connectivity index (χ1) is 14.5. The number of carbonyl (C=O) groups is 2. The largest absolute Gasteiger partial charge is 0.454 e. The highest BCUT2D eigenvalue weighted by molar-refractivity contribution is 5.96. The van der Waals surface area contributed by atoms with Gasteiger partial charge in [-0.25, -0.2) is 0 Å². The van der Waals surface area contributed by atoms with Crippen molar-refractivity contribution < 1.29 is 19.1 Å². The number of nitrogens with zero attached hydrogens (tertiary/aromatic N) is 1. The van der Waals surface area contributed by atoms with Gasteiger partial charge in [0.2, 0.25) is 12.7 Å². The summed E-state index contributed by atoms with van der Waals surface area (Å²) in [4.78, 5) is 24.5. The van der Waals surface area contributed by atoms with Crippen LogP contribution in [0.3, 0.4) is 0 Å². The monoisotopic (exact) mass is 404 g/mol. The van der Waals surface area contributed by atoms with E-state index in [0.29, 0.717) is 30.8 Å². The fourth-order valence-electron chi connectivity index (χ4n) is 3.69. The first-order valence-corrected chi connectivity index (χ1v) is 9.94. The lowest BCUT2D eigenvalue weighted by molar-refractivity contribution is -0.121. The van der Waals surface area contributed by atoms with Crippen LogP contribution < -0.4 is 14.8 Å². The van der Waals surface area contributed by atoms with Crippen LogP contribution in [0, 0.1) is 6.92 Å². The second kappa shape index (κ2) is 8.45. The van der Waals surface area contributed by atoms with Crippen LogP contribution in [0.15, 0.2) is 54.6 Å². The van der Waals surface area contributed by atoms with Crippen molar-refractivity contribution in [3.8, 4) is 22.8 Å². The summed E-state index contributed by atoms with van der Waals surface area (Å²) in [5.74, 6) is 1.40. The summed E-state index contributed by atoms with van der Waals surface area (Å²) in [7, 11) is 0. The number of hydrogen-bond acceptors (Lipinski definition) is 4. The molecule has 2 aromatic carbocycles. The number of amides is 1. The molecule has 6 heteroatoms. The molecule has 0 bridgehead atoms. The van der Waals surface area contributed by atoms with Crippen LogP contribution in [-0.2, 0) is 17.9 Å². The minimum absolute atomic E-state index is 0.0238. The summed E-state index contributed by atoms with van der Waals surface area (Å²) in [6, 6.07) is 17.5. The minimum Gasteiger partial charge on any atom is -0.454 e. The van der Waals surface area contributed by atoms with E-state index in [1.165, 1.54) is 0 Å². The maximum atomic E-state index is 12.5. The van der Waals surface area contributed by atoms with Gasteiger partial charge < -0.3 is 19.4 Å². The molecule has 2 heterocycles. The first kappa shape index (κ1) is 19.8. The highest BCUT2D eigenvalue weighted by Crippen LogP contribution is 2.32. The normalized spacial score (nSPS) is 12.1. The van der Waals surface area contributed by atoms with E-state index in [-0.39, 0.29) is 18.5 Å². The average Bonchev–Trinajstić information content (AvgIpc) is 3.35. The number of fused-ring (bicyclic) bond motifs is 1. The molecule has 6 nitrogen and oxygen atoms in total. The van der Waals surface area contributed by atoms with Crippen molar-refractivity contribution in [1.29, 1.82) is 0 Å². The Kier molecular flexibility index (Phi) is 5.57. The molecule has 0 atom stereocenters. The van der Waals surface area contributed by atoms with E-state index in [4.69, 9.17) is 9.47 Å². The Morgan fingerprint density at radius 2 is 1.80 bits per heavy atom. The number of carbonyl (C=O) groups excluding carboxylic acids is 2. The number of ether oxygens (including phenoxy) is 2. The van der Waals surface area contributed by atoms with Crippen LogP contribution in [0.25, 0.3) is 11.3 Å². The molecule has 3 aromatic rings. The van der Waals surface area contributed by atoms with Gasteiger partial charge in [0.25, 0.3) is 0 Å². The zero-order valence-electron chi connectivity index (χ0n) is 17.1. The molecule has 0 unspecified atom stereocenters. The van der Waals surface area contributed by atoms with Gasteiger partial charge in [0, 0.05) is 36.5 Å². The van der Waals surface area contributed by atoms with Crippen molar-refractivity contribution in [2.24, 2.45) is 0 Å². The van der Waals surface area contributed by atoms with Crippen molar-refractivity contribution in [2.75, 3.05) is 6.79 Å². The van der Waals surface area contributed by atoms with Crippen LogP contribution in [0.5, 0.6) is 11.5 Å². The average molecular weight is 404 g/mol. The van der Waals surface area contributed by atoms with E-state index in [1.807, 2.05) is 66.1 Å². The van der Waals surface area contributed by atoms with Gasteiger partial charge >= 0.3 is 0 Å². The summed E-state index contributed by atoms with van der Waals surface area (Å²) in [6.45, 7) is 4.64. The molecule has 1 aliphatic heterocycles. The molecular weight excluding hydrogens is 380 g/mol. The maximum Gasteiger partial charge on any atom is 0.231 e. The lowest BCUT2D eigenvalue weighted by Crippen LogP contribution is -2.24. The molecule has 0 spiro atoms. The molecule has 0 saturated heterocycles. The quantitative estimate of drug-likeness (QED) is 0.602. The van der Waals surface area contributed by atoms with Crippen molar-refractivity contribution in [1.82, 2.24) is 9.88 Å². The lowest BCUT2D eigenvalue weighted by atomic mass is 10.1. The predicted molar refractivity (Wildman–Crippen MR) is 114 cm³/mol. The smallest absolute Gasteiger partial charge is 0.231 e. The van der Waals surface area contributed by atoms with Gasteiger partial charge in [-0.3, -0.25) is 9.59 Å². The third kappa shape index (κ3) is 4.08. The zero-order chi connectivity index (χ0) is 21.1. The Hall–Kier alpha value is -3.54. The zero-order valence-corrected chi connectivity index (χ0v) is 17.1. The molecule has 1 aliphatic rings. The molecule has 4 rings (SSSR count). The number of aromatic nitrogens is 1. The van der Waals surface area contributed by atoms with Crippen molar-refractivity contribution in [2.45, 2.75) is 33.4 Å². The number of nitrogens with one attached hydrogen (secondary N) is 1. The van der Waals surface area contributed by atoms with Gasteiger partial charge in [-0.05, 0) is 43.2 Å². The Bertz CT molecular complexity index is 1090. The Balaban J connectivity index is 1.44. The molecule has 1 amide bonds. The van der Waals surface area contributed by atoms with Crippen LogP contribution in [0.2, 0.25) is 0 Å². The van der Waals surface area contributed by atoms with E-state index in [2.05, 4.69) is 5.32 Å². The highest BCUT2D eigenvalue weighted by Gasteiger charge is 2.17.